The summed E-state index contributed by atoms with van der Waals surface area (Å²) in [6.45, 7) is 10.8. The lowest BCUT2D eigenvalue weighted by molar-refractivity contribution is -0.125. The summed E-state index contributed by atoms with van der Waals surface area (Å²) in [5.74, 6) is 1.22. The Hall–Kier alpha value is -1.39. The van der Waals surface area contributed by atoms with Crippen LogP contribution >= 0.6 is 0 Å². The van der Waals surface area contributed by atoms with Crippen LogP contribution in [0, 0.1) is 17.8 Å². The first-order valence-electron chi connectivity index (χ1n) is 9.78. The fourth-order valence-electron chi connectivity index (χ4n) is 3.39. The number of benzene rings is 1. The third-order valence-corrected chi connectivity index (χ3v) is 5.43. The van der Waals surface area contributed by atoms with Gasteiger partial charge in [-0.15, -0.1) is 0 Å². The summed E-state index contributed by atoms with van der Waals surface area (Å²) in [4.78, 5) is 15.0. The summed E-state index contributed by atoms with van der Waals surface area (Å²) in [6, 6.07) is 9.62. The largest absolute Gasteiger partial charge is 0.356 e. The van der Waals surface area contributed by atoms with Crippen molar-refractivity contribution in [3.63, 3.8) is 0 Å². The minimum Gasteiger partial charge on any atom is -0.356 e. The van der Waals surface area contributed by atoms with Crippen LogP contribution in [0.2, 0.25) is 0 Å². The predicted molar refractivity (Wildman–Crippen MR) is 104 cm³/mol. The summed E-state index contributed by atoms with van der Waals surface area (Å²) < 4.78 is 0. The van der Waals surface area contributed by atoms with Crippen molar-refractivity contribution in [2.24, 2.45) is 23.5 Å². The van der Waals surface area contributed by atoms with Crippen molar-refractivity contribution in [1.29, 1.82) is 0 Å². The number of carbonyl (C=O) groups is 1. The number of rotatable bonds is 8. The molecule has 1 aromatic carbocycles. The Labute approximate surface area is 153 Å². The van der Waals surface area contributed by atoms with Gasteiger partial charge in [-0.1, -0.05) is 51.1 Å². The van der Waals surface area contributed by atoms with Crippen LogP contribution in [0.25, 0.3) is 0 Å². The van der Waals surface area contributed by atoms with Crippen LogP contribution in [0.15, 0.2) is 30.3 Å². The molecule has 1 aliphatic heterocycles. The minimum atomic E-state index is -0.251. The van der Waals surface area contributed by atoms with E-state index in [1.165, 1.54) is 25.8 Å². The van der Waals surface area contributed by atoms with Crippen molar-refractivity contribution in [3.8, 4) is 0 Å². The molecule has 1 saturated heterocycles. The summed E-state index contributed by atoms with van der Waals surface area (Å²) in [6.07, 6.45) is 3.63. The zero-order valence-corrected chi connectivity index (χ0v) is 16.1. The van der Waals surface area contributed by atoms with Crippen molar-refractivity contribution in [3.05, 3.63) is 35.9 Å². The standard InChI is InChI=1S/C21H35N3O/c1-16(2)9-12-24-13-10-18(11-14-24)15-23-21(25)17(3)20(22)19-7-5-4-6-8-19/h4-8,16-18,20H,9-15,22H2,1-3H3,(H,23,25). The number of amides is 1. The summed E-state index contributed by atoms with van der Waals surface area (Å²) in [5.41, 5.74) is 7.27. The third-order valence-electron chi connectivity index (χ3n) is 5.43. The van der Waals surface area contributed by atoms with E-state index in [0.29, 0.717) is 5.92 Å². The molecule has 2 unspecified atom stereocenters. The van der Waals surface area contributed by atoms with E-state index in [-0.39, 0.29) is 17.9 Å². The number of carbonyl (C=O) groups excluding carboxylic acids is 1. The Morgan fingerprint density at radius 1 is 1.20 bits per heavy atom. The van der Waals surface area contributed by atoms with Crippen molar-refractivity contribution < 1.29 is 4.79 Å². The first-order chi connectivity index (χ1) is 12.0. The molecule has 0 radical (unpaired) electrons. The second-order valence-electron chi connectivity index (χ2n) is 7.94. The molecular formula is C21H35N3O. The first kappa shape index (κ1) is 19.9. The summed E-state index contributed by atoms with van der Waals surface area (Å²) in [5, 5.41) is 3.13. The molecule has 1 heterocycles. The lowest BCUT2D eigenvalue weighted by atomic mass is 9.93. The van der Waals surface area contributed by atoms with E-state index in [0.717, 1.165) is 31.1 Å². The number of nitrogens with one attached hydrogen (secondary N) is 1. The van der Waals surface area contributed by atoms with Gasteiger partial charge in [0, 0.05) is 12.6 Å². The molecule has 140 valence electrons. The molecular weight excluding hydrogens is 310 g/mol. The number of likely N-dealkylation sites (tertiary alicyclic amines) is 1. The molecule has 1 aromatic rings. The van der Waals surface area contributed by atoms with Gasteiger partial charge in [-0.05, 0) is 56.3 Å². The van der Waals surface area contributed by atoms with Gasteiger partial charge < -0.3 is 16.0 Å². The zero-order chi connectivity index (χ0) is 18.2. The highest BCUT2D eigenvalue weighted by Gasteiger charge is 2.24. The van der Waals surface area contributed by atoms with Gasteiger partial charge in [-0.2, -0.15) is 0 Å². The van der Waals surface area contributed by atoms with Crippen LogP contribution in [0.5, 0.6) is 0 Å². The average molecular weight is 346 g/mol. The zero-order valence-electron chi connectivity index (χ0n) is 16.1. The van der Waals surface area contributed by atoms with E-state index in [9.17, 15) is 4.79 Å². The van der Waals surface area contributed by atoms with Gasteiger partial charge in [0.05, 0.1) is 5.92 Å². The predicted octanol–water partition coefficient (Wildman–Crippen LogP) is 3.20. The molecule has 0 spiro atoms. The molecule has 4 nitrogen and oxygen atoms in total. The molecule has 1 amide bonds. The second kappa shape index (κ2) is 9.93. The molecule has 0 bridgehead atoms. The molecule has 2 atom stereocenters. The van der Waals surface area contributed by atoms with Gasteiger partial charge in [0.15, 0.2) is 0 Å². The highest BCUT2D eigenvalue weighted by Crippen LogP contribution is 2.20. The van der Waals surface area contributed by atoms with Crippen LogP contribution in [0.4, 0.5) is 0 Å². The molecule has 1 aliphatic rings. The molecule has 1 fully saturated rings. The van der Waals surface area contributed by atoms with Crippen LogP contribution in [0.1, 0.15) is 51.6 Å². The van der Waals surface area contributed by atoms with E-state index in [2.05, 4.69) is 24.1 Å². The Kier molecular flexibility index (Phi) is 7.91. The summed E-state index contributed by atoms with van der Waals surface area (Å²) >= 11 is 0. The van der Waals surface area contributed by atoms with E-state index < -0.39 is 0 Å². The average Bonchev–Trinajstić information content (AvgIpc) is 2.64. The maximum atomic E-state index is 12.4. The number of piperidine rings is 1. The van der Waals surface area contributed by atoms with Crippen molar-refractivity contribution in [2.75, 3.05) is 26.2 Å². The molecule has 3 N–H and O–H groups in total. The fraction of sp³-hybridized carbons (Fsp3) is 0.667. The van der Waals surface area contributed by atoms with E-state index >= 15 is 0 Å². The highest BCUT2D eigenvalue weighted by atomic mass is 16.1. The van der Waals surface area contributed by atoms with Crippen molar-refractivity contribution in [1.82, 2.24) is 10.2 Å². The van der Waals surface area contributed by atoms with Crippen molar-refractivity contribution in [2.45, 2.75) is 46.1 Å². The monoisotopic (exact) mass is 345 g/mol. The molecule has 0 aliphatic carbocycles. The Morgan fingerprint density at radius 2 is 1.84 bits per heavy atom. The Balaban J connectivity index is 1.70. The van der Waals surface area contributed by atoms with Crippen LogP contribution in [0.3, 0.4) is 0 Å². The summed E-state index contributed by atoms with van der Waals surface area (Å²) in [7, 11) is 0. The lowest BCUT2D eigenvalue weighted by Crippen LogP contribution is -2.41. The number of hydrogen-bond donors (Lipinski definition) is 2. The topological polar surface area (TPSA) is 58.4 Å². The van der Waals surface area contributed by atoms with E-state index in [1.54, 1.807) is 0 Å². The molecule has 0 aromatic heterocycles. The van der Waals surface area contributed by atoms with Gasteiger partial charge in [-0.25, -0.2) is 0 Å². The fourth-order valence-corrected chi connectivity index (χ4v) is 3.39. The van der Waals surface area contributed by atoms with Gasteiger partial charge in [0.2, 0.25) is 5.91 Å². The molecule has 0 saturated carbocycles. The lowest BCUT2D eigenvalue weighted by Gasteiger charge is -2.32. The number of nitrogens with zero attached hydrogens (tertiary/aromatic N) is 1. The Bertz CT molecular complexity index is 509. The third kappa shape index (κ3) is 6.44. The van der Waals surface area contributed by atoms with Crippen molar-refractivity contribution >= 4 is 5.91 Å². The van der Waals surface area contributed by atoms with E-state index in [4.69, 9.17) is 5.73 Å². The van der Waals surface area contributed by atoms with Gasteiger partial charge in [0.25, 0.3) is 0 Å². The number of hydrogen-bond acceptors (Lipinski definition) is 3. The normalized spacial score (nSPS) is 18.9. The maximum Gasteiger partial charge on any atom is 0.224 e. The molecule has 25 heavy (non-hydrogen) atoms. The van der Waals surface area contributed by atoms with Crippen LogP contribution < -0.4 is 11.1 Å². The number of nitrogens with two attached hydrogens (primary N) is 1. The van der Waals surface area contributed by atoms with Gasteiger partial charge in [0.1, 0.15) is 0 Å². The minimum absolute atomic E-state index is 0.0681. The van der Waals surface area contributed by atoms with Crippen LogP contribution in [-0.4, -0.2) is 37.0 Å². The smallest absolute Gasteiger partial charge is 0.224 e. The quantitative estimate of drug-likeness (QED) is 0.761. The molecule has 2 rings (SSSR count). The van der Waals surface area contributed by atoms with Gasteiger partial charge >= 0.3 is 0 Å². The van der Waals surface area contributed by atoms with E-state index in [1.807, 2.05) is 37.3 Å². The maximum absolute atomic E-state index is 12.4. The molecule has 4 heteroatoms. The SMILES string of the molecule is CC(C)CCN1CCC(CNC(=O)C(C)C(N)c2ccccc2)CC1. The van der Waals surface area contributed by atoms with Gasteiger partial charge in [-0.3, -0.25) is 4.79 Å². The second-order valence-corrected chi connectivity index (χ2v) is 7.94. The first-order valence-corrected chi connectivity index (χ1v) is 9.78. The van der Waals surface area contributed by atoms with Crippen LogP contribution in [-0.2, 0) is 4.79 Å². The Morgan fingerprint density at radius 3 is 2.44 bits per heavy atom. The highest BCUT2D eigenvalue weighted by molar-refractivity contribution is 5.79.